The molecular weight excluding hydrogens is 368 g/mol. The Hall–Kier alpha value is 0.520. The Bertz CT molecular complexity index is 486. The summed E-state index contributed by atoms with van der Waals surface area (Å²) >= 11 is 3.19. The summed E-state index contributed by atoms with van der Waals surface area (Å²) in [5.41, 5.74) is 0. The first-order valence-electron chi connectivity index (χ1n) is 6.80. The van der Waals surface area contributed by atoms with Crippen LogP contribution in [0.15, 0.2) is 0 Å². The topological polar surface area (TPSA) is 109 Å². The molecule has 0 amide bonds. The highest BCUT2D eigenvalue weighted by Crippen LogP contribution is 2.24. The van der Waals surface area contributed by atoms with Crippen molar-refractivity contribution in [2.24, 2.45) is 0 Å². The van der Waals surface area contributed by atoms with Crippen molar-refractivity contribution in [2.75, 3.05) is 23.0 Å². The van der Waals surface area contributed by atoms with E-state index in [1.807, 2.05) is 0 Å². The molecule has 22 heavy (non-hydrogen) atoms. The van der Waals surface area contributed by atoms with E-state index in [0.717, 1.165) is 11.5 Å². The first-order valence-corrected chi connectivity index (χ1v) is 12.0. The zero-order valence-corrected chi connectivity index (χ0v) is 16.7. The molecule has 134 valence electrons. The van der Waals surface area contributed by atoms with Crippen LogP contribution in [-0.4, -0.2) is 58.4 Å². The minimum Gasteiger partial charge on any atom is -0.285 e. The van der Waals surface area contributed by atoms with Crippen LogP contribution in [0, 0.1) is 0 Å². The van der Waals surface area contributed by atoms with Gasteiger partial charge in [0.25, 0.3) is 20.2 Å². The van der Waals surface area contributed by atoms with Gasteiger partial charge in [-0.25, -0.2) is 0 Å². The summed E-state index contributed by atoms with van der Waals surface area (Å²) in [7, 11) is -8.07. The molecule has 0 spiro atoms. The molecule has 0 radical (unpaired) electrons. The molecule has 0 saturated heterocycles. The van der Waals surface area contributed by atoms with Crippen LogP contribution in [0.3, 0.4) is 0 Å². The van der Waals surface area contributed by atoms with Crippen LogP contribution in [0.25, 0.3) is 0 Å². The summed E-state index contributed by atoms with van der Waals surface area (Å²) in [6.07, 6.45) is 0.744. The molecule has 0 aliphatic heterocycles. The molecule has 0 fully saturated rings. The maximum Gasteiger partial charge on any atom is 0.270 e. The van der Waals surface area contributed by atoms with Crippen molar-refractivity contribution < 1.29 is 25.9 Å². The Kier molecular flexibility index (Phi) is 8.77. The van der Waals surface area contributed by atoms with Gasteiger partial charge in [0.2, 0.25) is 0 Å². The van der Waals surface area contributed by atoms with Crippen LogP contribution in [0.1, 0.15) is 40.5 Å². The third-order valence-corrected chi connectivity index (χ3v) is 8.90. The van der Waals surface area contributed by atoms with Crippen molar-refractivity contribution in [3.63, 3.8) is 0 Å². The van der Waals surface area contributed by atoms with Crippen molar-refractivity contribution in [2.45, 2.75) is 50.0 Å². The van der Waals surface area contributed by atoms with E-state index in [4.69, 9.17) is 9.11 Å². The van der Waals surface area contributed by atoms with Gasteiger partial charge in [-0.15, -0.1) is 0 Å². The predicted octanol–water partition coefficient (Wildman–Crippen LogP) is 2.57. The first kappa shape index (κ1) is 22.5. The largest absolute Gasteiger partial charge is 0.285 e. The van der Waals surface area contributed by atoms with Gasteiger partial charge in [0.15, 0.2) is 0 Å². The molecule has 2 N–H and O–H groups in total. The summed E-state index contributed by atoms with van der Waals surface area (Å²) in [5, 5.41) is 0. The van der Waals surface area contributed by atoms with E-state index in [-0.39, 0.29) is 0 Å². The van der Waals surface area contributed by atoms with E-state index in [0.29, 0.717) is 24.3 Å². The third-order valence-electron chi connectivity index (χ3n) is 3.47. The lowest BCUT2D eigenvalue weighted by atomic mass is 10.1. The van der Waals surface area contributed by atoms with Gasteiger partial charge in [0, 0.05) is 11.5 Å². The average Bonchev–Trinajstić information content (AvgIpc) is 2.29. The molecule has 0 rings (SSSR count). The number of hydrogen-bond acceptors (Lipinski definition) is 6. The fraction of sp³-hybridized carbons (Fsp3) is 1.00. The maximum absolute atomic E-state index is 11.1. The van der Waals surface area contributed by atoms with Crippen LogP contribution in [-0.2, 0) is 20.2 Å². The monoisotopic (exact) mass is 394 g/mol. The second-order valence-electron chi connectivity index (χ2n) is 6.19. The van der Waals surface area contributed by atoms with Crippen molar-refractivity contribution in [3.8, 4) is 0 Å². The Morgan fingerprint density at radius 1 is 0.682 bits per heavy atom. The Morgan fingerprint density at radius 2 is 0.955 bits per heavy atom. The second-order valence-corrected chi connectivity index (χ2v) is 12.8. The Labute approximate surface area is 142 Å². The summed E-state index contributed by atoms with van der Waals surface area (Å²) < 4.78 is 60.3. The Morgan fingerprint density at radius 3 is 1.18 bits per heavy atom. The fourth-order valence-electron chi connectivity index (χ4n) is 1.22. The van der Waals surface area contributed by atoms with Crippen molar-refractivity contribution >= 4 is 43.8 Å². The van der Waals surface area contributed by atoms with E-state index in [2.05, 4.69) is 0 Å². The molecule has 0 aromatic heterocycles. The van der Waals surface area contributed by atoms with Gasteiger partial charge in [-0.1, -0.05) is 0 Å². The third kappa shape index (κ3) is 7.87. The number of hydrogen-bond donors (Lipinski definition) is 2. The van der Waals surface area contributed by atoms with Gasteiger partial charge in [-0.2, -0.15) is 40.4 Å². The minimum atomic E-state index is -4.03. The highest BCUT2D eigenvalue weighted by Gasteiger charge is 2.32. The normalized spacial score (nSPS) is 14.3. The molecule has 0 aliphatic rings. The van der Waals surface area contributed by atoms with E-state index in [1.165, 1.54) is 27.7 Å². The average molecular weight is 395 g/mol. The second kappa shape index (κ2) is 8.57. The van der Waals surface area contributed by atoms with E-state index >= 15 is 0 Å². The van der Waals surface area contributed by atoms with Crippen molar-refractivity contribution in [1.29, 1.82) is 0 Å². The molecular formula is C12H26O6S4. The summed E-state index contributed by atoms with van der Waals surface area (Å²) in [4.78, 5) is 0. The molecule has 6 nitrogen and oxygen atoms in total. The lowest BCUT2D eigenvalue weighted by Crippen LogP contribution is -2.32. The maximum atomic E-state index is 11.1. The van der Waals surface area contributed by atoms with Crippen molar-refractivity contribution in [3.05, 3.63) is 0 Å². The lowest BCUT2D eigenvalue weighted by Gasteiger charge is -2.20. The molecule has 0 heterocycles. The fourth-order valence-corrected chi connectivity index (χ4v) is 4.85. The SMILES string of the molecule is CC(C)(CCSCCSCCC(C)(C)S(=O)(=O)O)S(=O)(=O)O. The molecule has 0 saturated carbocycles. The van der Waals surface area contributed by atoms with Gasteiger partial charge in [-0.3, -0.25) is 9.11 Å². The highest BCUT2D eigenvalue weighted by atomic mass is 32.2. The lowest BCUT2D eigenvalue weighted by molar-refractivity contribution is 0.436. The molecule has 0 aromatic carbocycles. The Balaban J connectivity index is 3.81. The van der Waals surface area contributed by atoms with Gasteiger partial charge in [0.05, 0.1) is 9.49 Å². The van der Waals surface area contributed by atoms with Crippen LogP contribution in [0.5, 0.6) is 0 Å². The van der Waals surface area contributed by atoms with Crippen molar-refractivity contribution in [1.82, 2.24) is 0 Å². The van der Waals surface area contributed by atoms with E-state index in [9.17, 15) is 16.8 Å². The van der Waals surface area contributed by atoms with E-state index < -0.39 is 29.7 Å². The van der Waals surface area contributed by atoms with Crippen LogP contribution >= 0.6 is 23.5 Å². The smallest absolute Gasteiger partial charge is 0.270 e. The zero-order valence-electron chi connectivity index (χ0n) is 13.4. The molecule has 0 atom stereocenters. The van der Waals surface area contributed by atoms with Crippen LogP contribution in [0.2, 0.25) is 0 Å². The minimum absolute atomic E-state index is 0.372. The molecule has 10 heteroatoms. The van der Waals surface area contributed by atoms with Crippen LogP contribution < -0.4 is 0 Å². The summed E-state index contributed by atoms with van der Waals surface area (Å²) in [6, 6.07) is 0. The van der Waals surface area contributed by atoms with Crippen LogP contribution in [0.4, 0.5) is 0 Å². The van der Waals surface area contributed by atoms with Gasteiger partial charge < -0.3 is 0 Å². The van der Waals surface area contributed by atoms with Gasteiger partial charge in [-0.05, 0) is 52.0 Å². The van der Waals surface area contributed by atoms with Gasteiger partial charge >= 0.3 is 0 Å². The number of thioether (sulfide) groups is 2. The predicted molar refractivity (Wildman–Crippen MR) is 95.1 cm³/mol. The standard InChI is InChI=1S/C12H26O6S4/c1-11(2,21(13,14)15)5-7-19-9-10-20-8-6-12(3,4)22(16,17)18/h5-10H2,1-4H3,(H,13,14,15)(H,16,17,18). The number of rotatable bonds is 11. The quantitative estimate of drug-likeness (QED) is 0.406. The van der Waals surface area contributed by atoms with Gasteiger partial charge in [0.1, 0.15) is 0 Å². The van der Waals surface area contributed by atoms with E-state index in [1.54, 1.807) is 23.5 Å². The highest BCUT2D eigenvalue weighted by molar-refractivity contribution is 8.03. The molecule has 0 unspecified atom stereocenters. The summed E-state index contributed by atoms with van der Waals surface area (Å²) in [6.45, 7) is 5.98. The first-order chi connectivity index (χ1) is 9.71. The zero-order chi connectivity index (χ0) is 17.7. The summed E-state index contributed by atoms with van der Waals surface area (Å²) in [5.74, 6) is 2.89. The molecule has 0 aromatic rings. The molecule has 0 aliphatic carbocycles. The molecule has 0 bridgehead atoms.